The van der Waals surface area contributed by atoms with Crippen LogP contribution < -0.4 is 4.74 Å². The molecule has 1 aromatic carbocycles. The predicted molar refractivity (Wildman–Crippen MR) is 109 cm³/mol. The summed E-state index contributed by atoms with van der Waals surface area (Å²) in [6.07, 6.45) is 3.66. The first-order valence-electron chi connectivity index (χ1n) is 10.6. The van der Waals surface area contributed by atoms with E-state index in [-0.39, 0.29) is 30.6 Å². The Hall–Kier alpha value is -2.12. The van der Waals surface area contributed by atoms with E-state index in [9.17, 15) is 9.59 Å². The van der Waals surface area contributed by atoms with Crippen LogP contribution in [0.3, 0.4) is 0 Å². The second-order valence-corrected chi connectivity index (χ2v) is 7.61. The van der Waals surface area contributed by atoms with Gasteiger partial charge in [0.1, 0.15) is 18.5 Å². The highest BCUT2D eigenvalue weighted by molar-refractivity contribution is 5.97. The van der Waals surface area contributed by atoms with Gasteiger partial charge in [-0.25, -0.2) is 0 Å². The van der Waals surface area contributed by atoms with Gasteiger partial charge in [-0.05, 0) is 31.9 Å². The molecule has 3 rings (SSSR count). The number of amides is 2. The number of ether oxygens (including phenoxy) is 3. The molecule has 1 unspecified atom stereocenters. The van der Waals surface area contributed by atoms with E-state index in [0.29, 0.717) is 37.5 Å². The van der Waals surface area contributed by atoms with Crippen LogP contribution in [0.25, 0.3) is 0 Å². The van der Waals surface area contributed by atoms with Crippen molar-refractivity contribution in [3.05, 3.63) is 29.8 Å². The van der Waals surface area contributed by atoms with Crippen LogP contribution in [0, 0.1) is 0 Å². The van der Waals surface area contributed by atoms with E-state index in [2.05, 4.69) is 0 Å². The van der Waals surface area contributed by atoms with Gasteiger partial charge >= 0.3 is 0 Å². The predicted octanol–water partition coefficient (Wildman–Crippen LogP) is 2.34. The summed E-state index contributed by atoms with van der Waals surface area (Å²) >= 11 is 0. The first-order valence-corrected chi connectivity index (χ1v) is 10.6. The van der Waals surface area contributed by atoms with Crippen molar-refractivity contribution < 1.29 is 23.8 Å². The molecule has 2 heterocycles. The van der Waals surface area contributed by atoms with Gasteiger partial charge in [0.25, 0.3) is 5.91 Å². The van der Waals surface area contributed by atoms with Gasteiger partial charge in [0.15, 0.2) is 0 Å². The summed E-state index contributed by atoms with van der Waals surface area (Å²) in [6, 6.07) is 7.44. The molecule has 2 amide bonds. The molecule has 0 N–H and O–H groups in total. The van der Waals surface area contributed by atoms with Crippen LogP contribution in [-0.4, -0.2) is 80.3 Å². The molecule has 0 spiro atoms. The van der Waals surface area contributed by atoms with Gasteiger partial charge in [-0.2, -0.15) is 0 Å². The topological polar surface area (TPSA) is 68.3 Å². The highest BCUT2D eigenvalue weighted by Gasteiger charge is 2.27. The largest absolute Gasteiger partial charge is 0.489 e. The second kappa shape index (κ2) is 10.6. The molecule has 160 valence electrons. The van der Waals surface area contributed by atoms with Crippen molar-refractivity contribution in [3.8, 4) is 5.75 Å². The normalized spacial score (nSPS) is 19.9. The molecule has 0 bridgehead atoms. The van der Waals surface area contributed by atoms with E-state index in [1.165, 1.54) is 7.11 Å². The lowest BCUT2D eigenvalue weighted by molar-refractivity contribution is -0.136. The SMILES string of the molecule is CCN(CC1CCCO1)C(=O)c1ccccc1OC1CCN(C(=O)COC)CC1. The van der Waals surface area contributed by atoms with Gasteiger partial charge in [-0.3, -0.25) is 9.59 Å². The molecule has 2 aliphatic rings. The van der Waals surface area contributed by atoms with Gasteiger partial charge in [0.2, 0.25) is 5.91 Å². The molecule has 2 aliphatic heterocycles. The number of benzene rings is 1. The van der Waals surface area contributed by atoms with Crippen molar-refractivity contribution in [1.29, 1.82) is 0 Å². The summed E-state index contributed by atoms with van der Waals surface area (Å²) < 4.78 is 16.8. The third-order valence-electron chi connectivity index (χ3n) is 5.59. The van der Waals surface area contributed by atoms with Crippen LogP contribution in [-0.2, 0) is 14.3 Å². The number of likely N-dealkylation sites (tertiary alicyclic amines) is 1. The van der Waals surface area contributed by atoms with Gasteiger partial charge in [0.05, 0.1) is 11.7 Å². The summed E-state index contributed by atoms with van der Waals surface area (Å²) in [5.41, 5.74) is 0.588. The minimum absolute atomic E-state index is 0.00856. The fourth-order valence-electron chi connectivity index (χ4n) is 3.92. The van der Waals surface area contributed by atoms with Gasteiger partial charge in [0, 0.05) is 52.7 Å². The Bertz CT molecular complexity index is 682. The van der Waals surface area contributed by atoms with Gasteiger partial charge < -0.3 is 24.0 Å². The highest BCUT2D eigenvalue weighted by Crippen LogP contribution is 2.25. The smallest absolute Gasteiger partial charge is 0.257 e. The van der Waals surface area contributed by atoms with E-state index in [0.717, 1.165) is 32.3 Å². The molecular formula is C22H32N2O5. The van der Waals surface area contributed by atoms with Gasteiger partial charge in [-0.15, -0.1) is 0 Å². The van der Waals surface area contributed by atoms with Crippen molar-refractivity contribution in [1.82, 2.24) is 9.80 Å². The van der Waals surface area contributed by atoms with Crippen LogP contribution in [0.2, 0.25) is 0 Å². The number of piperidine rings is 1. The Morgan fingerprint density at radius 2 is 1.97 bits per heavy atom. The van der Waals surface area contributed by atoms with Crippen LogP contribution in [0.4, 0.5) is 0 Å². The van der Waals surface area contributed by atoms with Crippen LogP contribution in [0.15, 0.2) is 24.3 Å². The third kappa shape index (κ3) is 5.70. The maximum Gasteiger partial charge on any atom is 0.257 e. The van der Waals surface area contributed by atoms with Crippen molar-refractivity contribution in [2.45, 2.75) is 44.8 Å². The number of carbonyl (C=O) groups excluding carboxylic acids is 2. The molecule has 29 heavy (non-hydrogen) atoms. The zero-order chi connectivity index (χ0) is 20.6. The molecule has 2 fully saturated rings. The Labute approximate surface area is 172 Å². The lowest BCUT2D eigenvalue weighted by Crippen LogP contribution is -2.43. The third-order valence-corrected chi connectivity index (χ3v) is 5.59. The number of nitrogens with zero attached hydrogens (tertiary/aromatic N) is 2. The first kappa shape index (κ1) is 21.6. The number of carbonyl (C=O) groups is 2. The molecule has 1 aromatic rings. The Morgan fingerprint density at radius 3 is 2.62 bits per heavy atom. The molecule has 0 aromatic heterocycles. The Morgan fingerprint density at radius 1 is 1.21 bits per heavy atom. The van der Waals surface area contributed by atoms with Crippen LogP contribution in [0.5, 0.6) is 5.75 Å². The Kier molecular flexibility index (Phi) is 7.89. The van der Waals surface area contributed by atoms with Crippen molar-refractivity contribution in [3.63, 3.8) is 0 Å². The van der Waals surface area contributed by atoms with E-state index in [1.807, 2.05) is 36.1 Å². The van der Waals surface area contributed by atoms with Crippen LogP contribution in [0.1, 0.15) is 43.0 Å². The monoisotopic (exact) mass is 404 g/mol. The van der Waals surface area contributed by atoms with E-state index >= 15 is 0 Å². The molecular weight excluding hydrogens is 372 g/mol. The highest BCUT2D eigenvalue weighted by atomic mass is 16.5. The molecule has 2 saturated heterocycles. The average molecular weight is 405 g/mol. The first-order chi connectivity index (χ1) is 14.1. The zero-order valence-electron chi connectivity index (χ0n) is 17.5. The standard InChI is InChI=1S/C22H32N2O5/c1-3-23(15-18-7-6-14-28-18)22(26)19-8-4-5-9-20(19)29-17-10-12-24(13-11-17)21(25)16-27-2/h4-5,8-9,17-18H,3,6-7,10-16H2,1-2H3. The fraction of sp³-hybridized carbons (Fsp3) is 0.636. The van der Waals surface area contributed by atoms with E-state index in [4.69, 9.17) is 14.2 Å². The van der Waals surface area contributed by atoms with E-state index < -0.39 is 0 Å². The lowest BCUT2D eigenvalue weighted by atomic mass is 10.1. The molecule has 0 radical (unpaired) electrons. The zero-order valence-corrected chi connectivity index (χ0v) is 17.5. The molecule has 7 heteroatoms. The quantitative estimate of drug-likeness (QED) is 0.665. The molecule has 1 atom stereocenters. The minimum atomic E-state index is -0.0219. The maximum absolute atomic E-state index is 13.2. The number of methoxy groups -OCH3 is 1. The van der Waals surface area contributed by atoms with E-state index in [1.54, 1.807) is 4.90 Å². The number of hydrogen-bond donors (Lipinski definition) is 0. The number of rotatable bonds is 8. The lowest BCUT2D eigenvalue weighted by Gasteiger charge is -2.32. The van der Waals surface area contributed by atoms with Crippen molar-refractivity contribution in [2.75, 3.05) is 46.5 Å². The van der Waals surface area contributed by atoms with Crippen molar-refractivity contribution >= 4 is 11.8 Å². The van der Waals surface area contributed by atoms with Gasteiger partial charge in [-0.1, -0.05) is 12.1 Å². The van der Waals surface area contributed by atoms with Crippen LogP contribution >= 0.6 is 0 Å². The number of likely N-dealkylation sites (N-methyl/N-ethyl adjacent to an activating group) is 1. The summed E-state index contributed by atoms with van der Waals surface area (Å²) in [5, 5.41) is 0. The second-order valence-electron chi connectivity index (χ2n) is 7.61. The molecule has 7 nitrogen and oxygen atoms in total. The summed E-state index contributed by atoms with van der Waals surface area (Å²) in [5.74, 6) is 0.602. The average Bonchev–Trinajstić information content (AvgIpc) is 3.26. The Balaban J connectivity index is 1.61. The molecule has 0 aliphatic carbocycles. The molecule has 0 saturated carbocycles. The maximum atomic E-state index is 13.2. The fourth-order valence-corrected chi connectivity index (χ4v) is 3.92. The summed E-state index contributed by atoms with van der Waals surface area (Å²) in [6.45, 7) is 5.41. The van der Waals surface area contributed by atoms with Crippen molar-refractivity contribution in [2.24, 2.45) is 0 Å². The summed E-state index contributed by atoms with van der Waals surface area (Å²) in [4.78, 5) is 28.8. The minimum Gasteiger partial charge on any atom is -0.489 e. The summed E-state index contributed by atoms with van der Waals surface area (Å²) in [7, 11) is 1.53. The number of para-hydroxylation sites is 1. The number of hydrogen-bond acceptors (Lipinski definition) is 5.